The first-order valence-corrected chi connectivity index (χ1v) is 18.7. The zero-order valence-corrected chi connectivity index (χ0v) is 15.7. The van der Waals surface area contributed by atoms with Crippen molar-refractivity contribution in [1.29, 1.82) is 0 Å². The van der Waals surface area contributed by atoms with Gasteiger partial charge in [0.05, 0.1) is 0 Å². The van der Waals surface area contributed by atoms with Gasteiger partial charge < -0.3 is 0 Å². The lowest BCUT2D eigenvalue weighted by Crippen LogP contribution is -1.61. The summed E-state index contributed by atoms with van der Waals surface area (Å²) in [6.07, 6.45) is 1.38. The molecule has 0 aromatic heterocycles. The van der Waals surface area contributed by atoms with Gasteiger partial charge in [0.15, 0.2) is 0 Å². The highest BCUT2D eigenvalue weighted by molar-refractivity contribution is 9.07. The topological polar surface area (TPSA) is 0 Å². The van der Waals surface area contributed by atoms with E-state index in [1.807, 2.05) is 0 Å². The molecule has 11 heavy (non-hydrogen) atoms. The molecule has 0 heterocycles. The van der Waals surface area contributed by atoms with Crippen molar-refractivity contribution in [2.75, 3.05) is 6.16 Å². The second kappa shape index (κ2) is 8.07. The Morgan fingerprint density at radius 2 is 1.36 bits per heavy atom. The highest BCUT2D eigenvalue weighted by Crippen LogP contribution is 3.05. The Morgan fingerprint density at radius 1 is 0.909 bits per heavy atom. The Bertz CT molecular complexity index is 99.7. The highest BCUT2D eigenvalue weighted by atomic mass is 33.1. The molecule has 0 bridgehead atoms. The molecule has 0 rings (SSSR count). The van der Waals surface area contributed by atoms with Crippen molar-refractivity contribution < 1.29 is 0 Å². The van der Waals surface area contributed by atoms with Gasteiger partial charge in [-0.2, -0.15) is 0 Å². The van der Waals surface area contributed by atoms with Crippen molar-refractivity contribution in [3.05, 3.63) is 0 Å². The van der Waals surface area contributed by atoms with Gasteiger partial charge in [0.25, 0.3) is 0 Å². The van der Waals surface area contributed by atoms with Gasteiger partial charge in [-0.05, 0) is 34.4 Å². The third kappa shape index (κ3) is 6.12. The van der Waals surface area contributed by atoms with Crippen LogP contribution in [0, 0.1) is 0 Å². The Morgan fingerprint density at radius 3 is 1.45 bits per heavy atom. The van der Waals surface area contributed by atoms with Crippen molar-refractivity contribution >= 4 is 72.9 Å². The van der Waals surface area contributed by atoms with Crippen LogP contribution in [0.1, 0.15) is 6.92 Å². The van der Waals surface area contributed by atoms with Crippen LogP contribution >= 0.6 is 72.9 Å². The molecule has 7 unspecified atom stereocenters. The van der Waals surface area contributed by atoms with Gasteiger partial charge >= 0.3 is 0 Å². The molecule has 0 nitrogen and oxygen atoms in total. The molecule has 0 spiro atoms. The lowest BCUT2D eigenvalue weighted by Gasteiger charge is -2.29. The van der Waals surface area contributed by atoms with Crippen molar-refractivity contribution in [2.45, 2.75) is 6.92 Å². The number of rotatable bonds is 4. The molecule has 9 heteroatoms. The van der Waals surface area contributed by atoms with E-state index in [4.69, 9.17) is 0 Å². The first kappa shape index (κ1) is 14.9. The largest absolute Gasteiger partial charge is 0.102 e. The molecule has 0 N–H and O–H groups in total. The van der Waals surface area contributed by atoms with Gasteiger partial charge in [0.1, 0.15) is 0 Å². The third-order valence-electron chi connectivity index (χ3n) is 1.02. The molecule has 0 aliphatic heterocycles. The minimum Gasteiger partial charge on any atom is -0.102 e. The molecular weight excluding hydrogens is 303 g/mol. The maximum absolute atomic E-state index is 3.07. The van der Waals surface area contributed by atoms with Gasteiger partial charge in [-0.1, -0.05) is 6.92 Å². The summed E-state index contributed by atoms with van der Waals surface area (Å²) in [5, 5.41) is 0. The van der Waals surface area contributed by atoms with Crippen LogP contribution in [0.3, 0.4) is 0 Å². The Hall–Kier alpha value is 3.87. The SMILES string of the molecule is CCP(P(P)P)P(P)P(P)P. The zero-order valence-electron chi connectivity index (χ0n) is 6.38. The molecule has 0 aliphatic rings. The van der Waals surface area contributed by atoms with Crippen molar-refractivity contribution in [1.82, 2.24) is 0 Å². The van der Waals surface area contributed by atoms with E-state index in [1.165, 1.54) is 6.16 Å². The van der Waals surface area contributed by atoms with Crippen molar-refractivity contribution in [3.8, 4) is 0 Å². The van der Waals surface area contributed by atoms with Crippen molar-refractivity contribution in [2.24, 2.45) is 0 Å². The summed E-state index contributed by atoms with van der Waals surface area (Å²) in [6, 6.07) is 0. The summed E-state index contributed by atoms with van der Waals surface area (Å²) >= 11 is 0. The van der Waals surface area contributed by atoms with E-state index in [0.717, 1.165) is 0 Å². The van der Waals surface area contributed by atoms with E-state index in [9.17, 15) is 0 Å². The maximum Gasteiger partial charge on any atom is -0.0244 e. The molecule has 0 amide bonds. The van der Waals surface area contributed by atoms with E-state index in [2.05, 4.69) is 51.6 Å². The standard InChI is InChI=1S/C2H15P9/c1-2-8(9(3)4)11(7)10(5)6/h2-7H2,1H3. The van der Waals surface area contributed by atoms with Crippen LogP contribution in [0.4, 0.5) is 0 Å². The average molecular weight is 318 g/mol. The molecule has 0 aliphatic carbocycles. The van der Waals surface area contributed by atoms with Crippen LogP contribution in [-0.2, 0) is 0 Å². The van der Waals surface area contributed by atoms with Crippen LogP contribution in [0.5, 0.6) is 0 Å². The lowest BCUT2D eigenvalue weighted by atomic mass is 11.0. The zero-order chi connectivity index (χ0) is 9.02. The molecule has 7 atom stereocenters. The Kier molecular flexibility index (Phi) is 10.9. The minimum absolute atomic E-state index is 0.140. The Labute approximate surface area is 85.9 Å². The predicted octanol–water partition coefficient (Wildman–Crippen LogP) is 5.63. The summed E-state index contributed by atoms with van der Waals surface area (Å²) in [5.41, 5.74) is 0. The van der Waals surface area contributed by atoms with Crippen LogP contribution in [0.25, 0.3) is 0 Å². The lowest BCUT2D eigenvalue weighted by molar-refractivity contribution is 1.53. The van der Waals surface area contributed by atoms with E-state index in [1.54, 1.807) is 0 Å². The van der Waals surface area contributed by atoms with E-state index in [0.29, 0.717) is 0 Å². The second-order valence-corrected chi connectivity index (χ2v) is 35.1. The van der Waals surface area contributed by atoms with Gasteiger partial charge in [0, 0.05) is 0 Å². The van der Waals surface area contributed by atoms with Crippen LogP contribution in [0.2, 0.25) is 0 Å². The van der Waals surface area contributed by atoms with Crippen molar-refractivity contribution in [3.63, 3.8) is 0 Å². The maximum atomic E-state index is 3.07. The average Bonchev–Trinajstić information content (AvgIpc) is 1.88. The van der Waals surface area contributed by atoms with Gasteiger partial charge in [-0.15, -0.1) is 44.6 Å². The van der Waals surface area contributed by atoms with E-state index < -0.39 is 0 Å². The molecule has 0 aromatic carbocycles. The summed E-state index contributed by atoms with van der Waals surface area (Å²) in [6.45, 7) is 2.84. The Balaban J connectivity index is 4.02. The summed E-state index contributed by atoms with van der Waals surface area (Å²) in [7, 11) is 15.2. The van der Waals surface area contributed by atoms with Gasteiger partial charge in [-0.25, -0.2) is 0 Å². The molecule has 68 valence electrons. The molecule has 0 saturated carbocycles. The first-order valence-electron chi connectivity index (χ1n) is 2.91. The smallest absolute Gasteiger partial charge is 0.0244 e. The summed E-state index contributed by atoms with van der Waals surface area (Å²) in [5.74, 6) is 0. The molecule has 0 fully saturated rings. The van der Waals surface area contributed by atoms with Crippen LogP contribution in [-0.4, -0.2) is 6.16 Å². The second-order valence-electron chi connectivity index (χ2n) is 1.77. The molecular formula is C2H15P9. The third-order valence-corrected chi connectivity index (χ3v) is 45.8. The summed E-state index contributed by atoms with van der Waals surface area (Å²) < 4.78 is 0. The monoisotopic (exact) mass is 318 g/mol. The molecule has 0 aromatic rings. The minimum atomic E-state index is 0.140. The van der Waals surface area contributed by atoms with Gasteiger partial charge in [-0.3, -0.25) is 0 Å². The van der Waals surface area contributed by atoms with Crippen LogP contribution in [0.15, 0.2) is 0 Å². The fraction of sp³-hybridized carbons (Fsp3) is 1.00. The fourth-order valence-electron chi connectivity index (χ4n) is 0.533. The van der Waals surface area contributed by atoms with Crippen LogP contribution < -0.4 is 0 Å². The summed E-state index contributed by atoms with van der Waals surface area (Å²) in [4.78, 5) is 0. The quantitative estimate of drug-likeness (QED) is 0.589. The highest BCUT2D eigenvalue weighted by Gasteiger charge is 2.20. The molecule has 0 saturated heterocycles. The fourth-order valence-corrected chi connectivity index (χ4v) is 51.2. The first-order chi connectivity index (χ1) is 5.00. The van der Waals surface area contributed by atoms with Gasteiger partial charge in [0.2, 0.25) is 0 Å². The predicted molar refractivity (Wildman–Crippen MR) is 86.8 cm³/mol. The molecule has 0 radical (unpaired) electrons. The van der Waals surface area contributed by atoms with E-state index in [-0.39, 0.29) is 28.3 Å². The normalized spacial score (nSPS) is 17.5. The number of hydrogen-bond donors (Lipinski definition) is 0. The van der Waals surface area contributed by atoms with E-state index >= 15 is 0 Å². The number of hydrogen-bond acceptors (Lipinski definition) is 0.